The average Bonchev–Trinajstić information content (AvgIpc) is 2.43. The number of halogens is 3. The van der Waals surface area contributed by atoms with Gasteiger partial charge in [0.25, 0.3) is 0 Å². The Hall–Kier alpha value is -2.05. The van der Waals surface area contributed by atoms with Crippen molar-refractivity contribution >= 4 is 11.9 Å². The summed E-state index contributed by atoms with van der Waals surface area (Å²) in [5, 5.41) is 0. The van der Waals surface area contributed by atoms with Crippen molar-refractivity contribution in [2.45, 2.75) is 32.8 Å². The average molecular weight is 304 g/mol. The van der Waals surface area contributed by atoms with Crippen molar-refractivity contribution in [2.24, 2.45) is 0 Å². The molecule has 1 aromatic rings. The summed E-state index contributed by atoms with van der Waals surface area (Å²) in [6, 6.07) is 1.40. The Morgan fingerprint density at radius 1 is 1.00 bits per heavy atom. The van der Waals surface area contributed by atoms with Gasteiger partial charge in [-0.25, -0.2) is 13.2 Å². The molecule has 0 amide bonds. The van der Waals surface area contributed by atoms with Crippen LogP contribution in [-0.2, 0) is 25.7 Å². The minimum absolute atomic E-state index is 0.0472. The van der Waals surface area contributed by atoms with E-state index in [4.69, 9.17) is 0 Å². The Morgan fingerprint density at radius 2 is 1.57 bits per heavy atom. The van der Waals surface area contributed by atoms with Crippen molar-refractivity contribution in [3.8, 4) is 0 Å². The lowest BCUT2D eigenvalue weighted by Gasteiger charge is -2.07. The molecule has 0 radical (unpaired) electrons. The third-order valence-corrected chi connectivity index (χ3v) is 2.58. The summed E-state index contributed by atoms with van der Waals surface area (Å²) in [4.78, 5) is 22.4. The molecule has 0 spiro atoms. The topological polar surface area (TPSA) is 52.6 Å². The van der Waals surface area contributed by atoms with Gasteiger partial charge < -0.3 is 9.47 Å². The summed E-state index contributed by atoms with van der Waals surface area (Å²) in [5.74, 6) is -4.76. The zero-order valence-corrected chi connectivity index (χ0v) is 11.5. The fourth-order valence-corrected chi connectivity index (χ4v) is 1.54. The van der Waals surface area contributed by atoms with Crippen molar-refractivity contribution in [3.05, 3.63) is 35.1 Å². The molecular weight excluding hydrogens is 289 g/mol. The molecule has 0 fully saturated rings. The second-order valence-corrected chi connectivity index (χ2v) is 4.14. The molecule has 1 aromatic carbocycles. The van der Waals surface area contributed by atoms with Gasteiger partial charge in [-0.15, -0.1) is 0 Å². The van der Waals surface area contributed by atoms with Crippen molar-refractivity contribution in [2.75, 3.05) is 6.61 Å². The van der Waals surface area contributed by atoms with Crippen molar-refractivity contribution in [1.82, 2.24) is 0 Å². The van der Waals surface area contributed by atoms with Gasteiger partial charge in [0, 0.05) is 12.8 Å². The Balaban J connectivity index is 2.40. The molecule has 1 rings (SSSR count). The molecule has 0 N–H and O–H groups in total. The fraction of sp³-hybridized carbons (Fsp3) is 0.429. The Kier molecular flexibility index (Phi) is 6.71. The maximum Gasteiger partial charge on any atom is 0.306 e. The second-order valence-electron chi connectivity index (χ2n) is 4.14. The van der Waals surface area contributed by atoms with E-state index in [1.807, 2.05) is 0 Å². The quantitative estimate of drug-likeness (QED) is 0.574. The highest BCUT2D eigenvalue weighted by Crippen LogP contribution is 2.17. The van der Waals surface area contributed by atoms with E-state index < -0.39 is 41.6 Å². The monoisotopic (exact) mass is 304 g/mol. The van der Waals surface area contributed by atoms with Crippen LogP contribution in [0.15, 0.2) is 12.1 Å². The lowest BCUT2D eigenvalue weighted by Crippen LogP contribution is -2.09. The van der Waals surface area contributed by atoms with Crippen LogP contribution in [0.3, 0.4) is 0 Å². The van der Waals surface area contributed by atoms with E-state index >= 15 is 0 Å². The van der Waals surface area contributed by atoms with Crippen LogP contribution in [-0.4, -0.2) is 18.5 Å². The molecule has 0 saturated heterocycles. The number of benzene rings is 1. The molecule has 0 aliphatic rings. The van der Waals surface area contributed by atoms with Gasteiger partial charge >= 0.3 is 11.9 Å². The van der Waals surface area contributed by atoms with Crippen LogP contribution in [0.2, 0.25) is 0 Å². The summed E-state index contributed by atoms with van der Waals surface area (Å²) in [7, 11) is 0. The highest BCUT2D eigenvalue weighted by molar-refractivity contribution is 5.72. The maximum absolute atomic E-state index is 13.3. The molecule has 0 aliphatic carbocycles. The second kappa shape index (κ2) is 8.28. The van der Waals surface area contributed by atoms with Crippen LogP contribution in [0.4, 0.5) is 13.2 Å². The molecule has 116 valence electrons. The predicted molar refractivity (Wildman–Crippen MR) is 66.6 cm³/mol. The molecule has 0 unspecified atom stereocenters. The summed E-state index contributed by atoms with van der Waals surface area (Å²) in [6.07, 6.45) is 0.148. The number of carbonyl (C=O) groups excluding carboxylic acids is 2. The number of ether oxygens (including phenoxy) is 2. The number of rotatable bonds is 7. The Bertz CT molecular complexity index is 517. The van der Waals surface area contributed by atoms with Gasteiger partial charge in [0.05, 0.1) is 12.2 Å². The molecule has 0 heterocycles. The third-order valence-electron chi connectivity index (χ3n) is 2.58. The van der Waals surface area contributed by atoms with Crippen molar-refractivity contribution < 1.29 is 32.2 Å². The largest absolute Gasteiger partial charge is 0.466 e. The highest BCUT2D eigenvalue weighted by atomic mass is 19.2. The minimum atomic E-state index is -1.38. The van der Waals surface area contributed by atoms with E-state index in [1.165, 1.54) is 0 Å². The molecule has 7 heteroatoms. The molecule has 21 heavy (non-hydrogen) atoms. The Morgan fingerprint density at radius 3 is 2.19 bits per heavy atom. The lowest BCUT2D eigenvalue weighted by molar-refractivity contribution is -0.146. The molecule has 0 aromatic heterocycles. The number of carbonyl (C=O) groups is 2. The van der Waals surface area contributed by atoms with E-state index in [2.05, 4.69) is 9.47 Å². The lowest BCUT2D eigenvalue weighted by atomic mass is 10.2. The molecule has 0 aliphatic heterocycles. The van der Waals surface area contributed by atoms with E-state index in [1.54, 1.807) is 6.92 Å². The highest BCUT2D eigenvalue weighted by Gasteiger charge is 2.15. The van der Waals surface area contributed by atoms with Gasteiger partial charge in [-0.05, 0) is 25.5 Å². The first-order valence-corrected chi connectivity index (χ1v) is 6.39. The smallest absolute Gasteiger partial charge is 0.306 e. The van der Waals surface area contributed by atoms with Gasteiger partial charge in [0.1, 0.15) is 12.4 Å². The number of hydrogen-bond acceptors (Lipinski definition) is 4. The van der Waals surface area contributed by atoms with Crippen LogP contribution < -0.4 is 0 Å². The van der Waals surface area contributed by atoms with E-state index in [0.717, 1.165) is 6.07 Å². The first kappa shape index (κ1) is 17.0. The Labute approximate surface area is 119 Å². The van der Waals surface area contributed by atoms with Gasteiger partial charge in [0.15, 0.2) is 11.6 Å². The first-order chi connectivity index (χ1) is 9.95. The summed E-state index contributed by atoms with van der Waals surface area (Å²) >= 11 is 0. The predicted octanol–water partition coefficient (Wildman–Crippen LogP) is 2.88. The normalized spacial score (nSPS) is 10.3. The standard InChI is InChI=1S/C14H15F3O4/c1-2-20-12(18)4-3-5-13(19)21-8-9-10(15)6-7-11(16)14(9)17/h6-7H,2-5,8H2,1H3. The molecule has 0 bridgehead atoms. The van der Waals surface area contributed by atoms with Gasteiger partial charge in [-0.1, -0.05) is 0 Å². The molecule has 0 atom stereocenters. The van der Waals surface area contributed by atoms with Gasteiger partial charge in [-0.2, -0.15) is 0 Å². The van der Waals surface area contributed by atoms with E-state index in [9.17, 15) is 22.8 Å². The van der Waals surface area contributed by atoms with Crippen LogP contribution in [0.25, 0.3) is 0 Å². The van der Waals surface area contributed by atoms with Crippen LogP contribution in [0, 0.1) is 17.5 Å². The number of esters is 2. The van der Waals surface area contributed by atoms with Gasteiger partial charge in [-0.3, -0.25) is 9.59 Å². The minimum Gasteiger partial charge on any atom is -0.466 e. The van der Waals surface area contributed by atoms with Crippen LogP contribution >= 0.6 is 0 Å². The molecule has 4 nitrogen and oxygen atoms in total. The maximum atomic E-state index is 13.3. The number of hydrogen-bond donors (Lipinski definition) is 0. The van der Waals surface area contributed by atoms with Crippen molar-refractivity contribution in [3.63, 3.8) is 0 Å². The summed E-state index contributed by atoms with van der Waals surface area (Å²) < 4.78 is 48.8. The summed E-state index contributed by atoms with van der Waals surface area (Å²) in [6.45, 7) is 1.21. The van der Waals surface area contributed by atoms with E-state index in [0.29, 0.717) is 6.07 Å². The molecular formula is C14H15F3O4. The zero-order valence-electron chi connectivity index (χ0n) is 11.5. The SMILES string of the molecule is CCOC(=O)CCCC(=O)OCc1c(F)ccc(F)c1F. The first-order valence-electron chi connectivity index (χ1n) is 6.39. The van der Waals surface area contributed by atoms with E-state index in [-0.39, 0.29) is 25.9 Å². The summed E-state index contributed by atoms with van der Waals surface area (Å²) in [5.41, 5.74) is -0.645. The van der Waals surface area contributed by atoms with Gasteiger partial charge in [0.2, 0.25) is 0 Å². The van der Waals surface area contributed by atoms with Crippen LogP contribution in [0.5, 0.6) is 0 Å². The zero-order chi connectivity index (χ0) is 15.8. The molecule has 0 saturated carbocycles. The fourth-order valence-electron chi connectivity index (χ4n) is 1.54. The van der Waals surface area contributed by atoms with Crippen LogP contribution in [0.1, 0.15) is 31.7 Å². The van der Waals surface area contributed by atoms with Crippen molar-refractivity contribution in [1.29, 1.82) is 0 Å². The third kappa shape index (κ3) is 5.45.